The molecule has 1 amide bonds. The summed E-state index contributed by atoms with van der Waals surface area (Å²) in [5, 5.41) is 4.74. The Morgan fingerprint density at radius 1 is 1.18 bits per heavy atom. The maximum Gasteiger partial charge on any atom is 0.273 e. The molecule has 0 saturated carbocycles. The Kier molecular flexibility index (Phi) is 5.94. The van der Waals surface area contributed by atoms with Gasteiger partial charge < -0.3 is 9.64 Å². The van der Waals surface area contributed by atoms with Crippen molar-refractivity contribution in [2.75, 3.05) is 33.8 Å². The summed E-state index contributed by atoms with van der Waals surface area (Å²) in [6.07, 6.45) is 0. The minimum absolute atomic E-state index is 0. The van der Waals surface area contributed by atoms with Gasteiger partial charge in [0.25, 0.3) is 5.91 Å². The molecule has 3 heterocycles. The van der Waals surface area contributed by atoms with Crippen molar-refractivity contribution in [1.29, 1.82) is 0 Å². The predicted octanol–water partition coefficient (Wildman–Crippen LogP) is 3.19. The molecule has 4 rings (SSSR count). The van der Waals surface area contributed by atoms with Gasteiger partial charge in [0.2, 0.25) is 0 Å². The highest BCUT2D eigenvalue weighted by Crippen LogP contribution is 2.44. The summed E-state index contributed by atoms with van der Waals surface area (Å²) in [5.41, 5.74) is 2.45. The molecule has 28 heavy (non-hydrogen) atoms. The van der Waals surface area contributed by atoms with Gasteiger partial charge >= 0.3 is 0 Å². The Labute approximate surface area is 176 Å². The van der Waals surface area contributed by atoms with Crippen molar-refractivity contribution in [2.24, 2.45) is 18.9 Å². The van der Waals surface area contributed by atoms with E-state index in [1.54, 1.807) is 18.8 Å². The molecule has 2 fully saturated rings. The van der Waals surface area contributed by atoms with E-state index in [1.807, 2.05) is 24.0 Å². The Balaban J connectivity index is 0.00000225. The number of fused-ring (bicyclic) bond motifs is 1. The second-order valence-electron chi connectivity index (χ2n) is 7.66. The lowest BCUT2D eigenvalue weighted by atomic mass is 9.89. The number of aromatic nitrogens is 2. The standard InChI is InChI=1S/C20H25ClN4O2.ClH/c1-12-17(21)19(24(3)22-12)20(26)25-10-14-9-23(2)18(16(14)11-25)13-5-7-15(27-4)8-6-13;/h5-8,14,16,18H,9-11H2,1-4H3;1H/t14-,16+,18+;/m0./s1. The average molecular weight is 425 g/mol. The first-order chi connectivity index (χ1) is 12.9. The van der Waals surface area contributed by atoms with Gasteiger partial charge in [0.1, 0.15) is 11.4 Å². The fourth-order valence-corrected chi connectivity index (χ4v) is 4.98. The third-order valence-corrected chi connectivity index (χ3v) is 6.44. The number of ether oxygens (including phenoxy) is 1. The number of likely N-dealkylation sites (tertiary alicyclic amines) is 2. The van der Waals surface area contributed by atoms with Crippen LogP contribution in [0.4, 0.5) is 0 Å². The van der Waals surface area contributed by atoms with Gasteiger partial charge in [0.05, 0.1) is 17.8 Å². The Morgan fingerprint density at radius 3 is 2.43 bits per heavy atom. The van der Waals surface area contributed by atoms with Crippen molar-refractivity contribution in [1.82, 2.24) is 19.6 Å². The molecule has 6 nitrogen and oxygen atoms in total. The lowest BCUT2D eigenvalue weighted by Gasteiger charge is -2.27. The van der Waals surface area contributed by atoms with Gasteiger partial charge in [-0.2, -0.15) is 5.10 Å². The van der Waals surface area contributed by atoms with Crippen LogP contribution in [0.1, 0.15) is 27.8 Å². The van der Waals surface area contributed by atoms with Gasteiger partial charge in [0, 0.05) is 38.6 Å². The molecule has 0 aliphatic carbocycles. The summed E-state index contributed by atoms with van der Waals surface area (Å²) in [4.78, 5) is 17.4. The SMILES string of the molecule is COc1ccc([C@@H]2[C@@H]3CN(C(=O)c4c(Cl)c(C)nn4C)C[C@@H]3CN2C)cc1.Cl. The van der Waals surface area contributed by atoms with Gasteiger partial charge in [0.15, 0.2) is 0 Å². The van der Waals surface area contributed by atoms with Crippen molar-refractivity contribution in [3.8, 4) is 5.75 Å². The van der Waals surface area contributed by atoms with Crippen molar-refractivity contribution >= 4 is 29.9 Å². The van der Waals surface area contributed by atoms with Crippen LogP contribution in [0.25, 0.3) is 0 Å². The molecular weight excluding hydrogens is 399 g/mol. The summed E-state index contributed by atoms with van der Waals surface area (Å²) >= 11 is 6.33. The Morgan fingerprint density at radius 2 is 1.86 bits per heavy atom. The molecule has 1 aromatic heterocycles. The van der Waals surface area contributed by atoms with Crippen LogP contribution in [0.2, 0.25) is 5.02 Å². The first kappa shape index (κ1) is 21.0. The molecule has 0 spiro atoms. The van der Waals surface area contributed by atoms with Gasteiger partial charge in [-0.3, -0.25) is 14.4 Å². The minimum atomic E-state index is -0.0198. The molecule has 2 aliphatic rings. The second kappa shape index (κ2) is 7.93. The van der Waals surface area contributed by atoms with E-state index in [4.69, 9.17) is 16.3 Å². The molecule has 2 aliphatic heterocycles. The Hall–Kier alpha value is -1.76. The normalized spacial score (nSPS) is 24.2. The molecular formula is C20H26Cl2N4O2. The molecule has 0 N–H and O–H groups in total. The number of nitrogens with zero attached hydrogens (tertiary/aromatic N) is 4. The lowest BCUT2D eigenvalue weighted by molar-refractivity contribution is 0.0757. The van der Waals surface area contributed by atoms with Crippen LogP contribution in [-0.4, -0.2) is 59.3 Å². The highest BCUT2D eigenvalue weighted by Gasteiger charge is 2.47. The molecule has 0 bridgehead atoms. The average Bonchev–Trinajstić information content (AvgIpc) is 3.25. The van der Waals surface area contributed by atoms with E-state index >= 15 is 0 Å². The topological polar surface area (TPSA) is 50.6 Å². The highest BCUT2D eigenvalue weighted by atomic mass is 35.5. The van der Waals surface area contributed by atoms with Crippen molar-refractivity contribution in [3.63, 3.8) is 0 Å². The molecule has 1 aromatic carbocycles. The van der Waals surface area contributed by atoms with Gasteiger partial charge in [-0.1, -0.05) is 23.7 Å². The largest absolute Gasteiger partial charge is 0.497 e. The van der Waals surface area contributed by atoms with Crippen molar-refractivity contribution in [2.45, 2.75) is 13.0 Å². The molecule has 0 radical (unpaired) electrons. The summed E-state index contributed by atoms with van der Waals surface area (Å²) < 4.78 is 6.88. The monoisotopic (exact) mass is 424 g/mol. The number of methoxy groups -OCH3 is 1. The number of hydrogen-bond donors (Lipinski definition) is 0. The van der Waals surface area contributed by atoms with Crippen LogP contribution in [0.5, 0.6) is 5.75 Å². The summed E-state index contributed by atoms with van der Waals surface area (Å²) in [6, 6.07) is 8.59. The van der Waals surface area contributed by atoms with Crippen molar-refractivity contribution < 1.29 is 9.53 Å². The van der Waals surface area contributed by atoms with Crippen LogP contribution < -0.4 is 4.74 Å². The summed E-state index contributed by atoms with van der Waals surface area (Å²) in [6.45, 7) is 4.32. The second-order valence-corrected chi connectivity index (χ2v) is 8.04. The van der Waals surface area contributed by atoms with Gasteiger partial charge in [-0.05, 0) is 37.6 Å². The number of hydrogen-bond acceptors (Lipinski definition) is 4. The summed E-state index contributed by atoms with van der Waals surface area (Å²) in [7, 11) is 5.62. The number of rotatable bonds is 3. The molecule has 2 aromatic rings. The smallest absolute Gasteiger partial charge is 0.273 e. The van der Waals surface area contributed by atoms with E-state index in [0.717, 1.165) is 25.4 Å². The van der Waals surface area contributed by atoms with E-state index in [-0.39, 0.29) is 18.3 Å². The molecule has 3 atom stereocenters. The third-order valence-electron chi connectivity index (χ3n) is 5.99. The van der Waals surface area contributed by atoms with Crippen molar-refractivity contribution in [3.05, 3.63) is 46.2 Å². The molecule has 2 saturated heterocycles. The predicted molar refractivity (Wildman–Crippen MR) is 111 cm³/mol. The number of aryl methyl sites for hydroxylation is 2. The van der Waals surface area contributed by atoms with Crippen LogP contribution in [-0.2, 0) is 7.05 Å². The number of carbonyl (C=O) groups excluding carboxylic acids is 1. The number of benzene rings is 1. The number of carbonyl (C=O) groups is 1. The van der Waals surface area contributed by atoms with Crippen LogP contribution in [0.3, 0.4) is 0 Å². The van der Waals surface area contributed by atoms with E-state index in [9.17, 15) is 4.79 Å². The Bertz CT molecular complexity index is 868. The zero-order chi connectivity index (χ0) is 19.3. The maximum absolute atomic E-state index is 13.1. The number of amides is 1. The van der Waals surface area contributed by atoms with Crippen LogP contribution in [0, 0.1) is 18.8 Å². The first-order valence-corrected chi connectivity index (χ1v) is 9.61. The van der Waals surface area contributed by atoms with E-state index in [0.29, 0.717) is 34.3 Å². The highest BCUT2D eigenvalue weighted by molar-refractivity contribution is 6.34. The lowest BCUT2D eigenvalue weighted by Crippen LogP contribution is -2.34. The first-order valence-electron chi connectivity index (χ1n) is 9.23. The van der Waals surface area contributed by atoms with E-state index < -0.39 is 0 Å². The van der Waals surface area contributed by atoms with Gasteiger partial charge in [-0.15, -0.1) is 12.4 Å². The van der Waals surface area contributed by atoms with Gasteiger partial charge in [-0.25, -0.2) is 0 Å². The number of halogens is 2. The maximum atomic E-state index is 13.1. The van der Waals surface area contributed by atoms with Crippen LogP contribution in [0.15, 0.2) is 24.3 Å². The summed E-state index contributed by atoms with van der Waals surface area (Å²) in [5.74, 6) is 1.73. The minimum Gasteiger partial charge on any atom is -0.497 e. The van der Waals surface area contributed by atoms with E-state index in [2.05, 4.69) is 29.2 Å². The third kappa shape index (κ3) is 3.38. The molecule has 8 heteroatoms. The van der Waals surface area contributed by atoms with Crippen LogP contribution >= 0.6 is 24.0 Å². The quantitative estimate of drug-likeness (QED) is 0.758. The fourth-order valence-electron chi connectivity index (χ4n) is 4.74. The van der Waals surface area contributed by atoms with E-state index in [1.165, 1.54) is 5.56 Å². The zero-order valence-corrected chi connectivity index (χ0v) is 18.1. The fraction of sp³-hybridized carbons (Fsp3) is 0.500. The zero-order valence-electron chi connectivity index (χ0n) is 16.6. The molecule has 0 unspecified atom stereocenters. The molecule has 152 valence electrons.